The van der Waals surface area contributed by atoms with Crippen molar-refractivity contribution in [2.24, 2.45) is 5.92 Å². The highest BCUT2D eigenvalue weighted by Crippen LogP contribution is 2.35. The van der Waals surface area contributed by atoms with E-state index < -0.39 is 0 Å². The molecule has 0 spiro atoms. The molecule has 1 aliphatic rings. The normalized spacial score (nSPS) is 22.6. The molecular formula is C17H28N2. The number of aryl methyl sites for hydroxylation is 2. The van der Waals surface area contributed by atoms with Gasteiger partial charge in [-0.05, 0) is 83.3 Å². The summed E-state index contributed by atoms with van der Waals surface area (Å²) in [6.45, 7) is 11.4. The van der Waals surface area contributed by atoms with E-state index in [4.69, 9.17) is 0 Å². The summed E-state index contributed by atoms with van der Waals surface area (Å²) in [5.41, 5.74) is 4.43. The molecule has 1 saturated heterocycles. The molecule has 1 aromatic carbocycles. The summed E-state index contributed by atoms with van der Waals surface area (Å²) in [6.07, 6.45) is 2.60. The van der Waals surface area contributed by atoms with E-state index in [-0.39, 0.29) is 5.54 Å². The first kappa shape index (κ1) is 14.4. The molecule has 106 valence electrons. The molecule has 1 heterocycles. The van der Waals surface area contributed by atoms with Gasteiger partial charge >= 0.3 is 0 Å². The molecule has 0 saturated carbocycles. The molecular weight excluding hydrogens is 232 g/mol. The number of nitrogens with zero attached hydrogens (tertiary/aromatic N) is 1. The minimum atomic E-state index is 0.270. The summed E-state index contributed by atoms with van der Waals surface area (Å²) in [7, 11) is 2.06. The van der Waals surface area contributed by atoms with E-state index in [0.29, 0.717) is 0 Å². The molecule has 1 N–H and O–H groups in total. The maximum absolute atomic E-state index is 3.33. The smallest absolute Gasteiger partial charge is 0.0373 e. The van der Waals surface area contributed by atoms with E-state index in [0.717, 1.165) is 19.0 Å². The number of hydrogen-bond acceptors (Lipinski definition) is 2. The Balaban J connectivity index is 2.25. The van der Waals surface area contributed by atoms with Gasteiger partial charge in [0.05, 0.1) is 0 Å². The van der Waals surface area contributed by atoms with Crippen molar-refractivity contribution in [2.45, 2.75) is 46.1 Å². The maximum atomic E-state index is 3.33. The highest BCUT2D eigenvalue weighted by atomic mass is 15.2. The highest BCUT2D eigenvalue weighted by Gasteiger charge is 2.34. The van der Waals surface area contributed by atoms with E-state index >= 15 is 0 Å². The van der Waals surface area contributed by atoms with Crippen LogP contribution in [0.15, 0.2) is 18.2 Å². The fourth-order valence-corrected chi connectivity index (χ4v) is 3.09. The number of nitrogens with one attached hydrogen (secondary N) is 1. The van der Waals surface area contributed by atoms with Crippen molar-refractivity contribution in [3.05, 3.63) is 29.3 Å². The predicted molar refractivity (Wildman–Crippen MR) is 84.0 cm³/mol. The molecule has 1 aliphatic heterocycles. The lowest BCUT2D eigenvalue weighted by molar-refractivity contribution is 0.287. The standard InChI is InChI=1S/C17H28N2/c1-13-6-7-16(10-14(13)2)19-12-15(11-18-5)8-9-17(19,3)4/h6-7,10,15,18H,8-9,11-12H2,1-5H3. The van der Waals surface area contributed by atoms with E-state index in [1.54, 1.807) is 0 Å². The molecule has 19 heavy (non-hydrogen) atoms. The highest BCUT2D eigenvalue weighted by molar-refractivity contribution is 5.53. The van der Waals surface area contributed by atoms with Crippen LogP contribution in [0.2, 0.25) is 0 Å². The second-order valence-corrected chi connectivity index (χ2v) is 6.65. The van der Waals surface area contributed by atoms with E-state index in [1.165, 1.54) is 29.7 Å². The van der Waals surface area contributed by atoms with Gasteiger partial charge in [0, 0.05) is 17.8 Å². The molecule has 0 aromatic heterocycles. The molecule has 1 unspecified atom stereocenters. The maximum Gasteiger partial charge on any atom is 0.0373 e. The topological polar surface area (TPSA) is 15.3 Å². The summed E-state index contributed by atoms with van der Waals surface area (Å²) in [6, 6.07) is 6.88. The molecule has 2 heteroatoms. The Bertz CT molecular complexity index is 437. The van der Waals surface area contributed by atoms with Gasteiger partial charge in [-0.1, -0.05) is 6.07 Å². The largest absolute Gasteiger partial charge is 0.366 e. The Morgan fingerprint density at radius 3 is 2.63 bits per heavy atom. The lowest BCUT2D eigenvalue weighted by Gasteiger charge is -2.47. The first-order chi connectivity index (χ1) is 8.94. The molecule has 2 rings (SSSR count). The van der Waals surface area contributed by atoms with Crippen molar-refractivity contribution < 1.29 is 0 Å². The third-order valence-electron chi connectivity index (χ3n) is 4.63. The summed E-state index contributed by atoms with van der Waals surface area (Å²) in [5.74, 6) is 0.764. The summed E-state index contributed by atoms with van der Waals surface area (Å²) in [4.78, 5) is 2.60. The Morgan fingerprint density at radius 1 is 1.26 bits per heavy atom. The van der Waals surface area contributed by atoms with Crippen LogP contribution in [-0.2, 0) is 0 Å². The summed E-state index contributed by atoms with van der Waals surface area (Å²) in [5, 5.41) is 3.33. The van der Waals surface area contributed by atoms with Crippen LogP contribution in [-0.4, -0.2) is 25.7 Å². The quantitative estimate of drug-likeness (QED) is 0.894. The second kappa shape index (κ2) is 5.54. The first-order valence-electron chi connectivity index (χ1n) is 7.43. The minimum absolute atomic E-state index is 0.270. The monoisotopic (exact) mass is 260 g/mol. The zero-order valence-electron chi connectivity index (χ0n) is 13.1. The number of rotatable bonds is 3. The predicted octanol–water partition coefficient (Wildman–Crippen LogP) is 3.52. The molecule has 1 aromatic rings. The van der Waals surface area contributed by atoms with Crippen molar-refractivity contribution in [3.8, 4) is 0 Å². The van der Waals surface area contributed by atoms with E-state index in [2.05, 4.69) is 63.2 Å². The third kappa shape index (κ3) is 3.11. The molecule has 0 aliphatic carbocycles. The van der Waals surface area contributed by atoms with E-state index in [1.807, 2.05) is 0 Å². The van der Waals surface area contributed by atoms with Gasteiger partial charge in [0.1, 0.15) is 0 Å². The molecule has 1 atom stereocenters. The number of piperidine rings is 1. The summed E-state index contributed by atoms with van der Waals surface area (Å²) < 4.78 is 0. The van der Waals surface area contributed by atoms with Crippen LogP contribution in [0.3, 0.4) is 0 Å². The molecule has 2 nitrogen and oxygen atoms in total. The zero-order valence-corrected chi connectivity index (χ0v) is 13.1. The summed E-state index contributed by atoms with van der Waals surface area (Å²) >= 11 is 0. The molecule has 0 bridgehead atoms. The van der Waals surface area contributed by atoms with Crippen molar-refractivity contribution in [1.29, 1.82) is 0 Å². The zero-order chi connectivity index (χ0) is 14.0. The van der Waals surface area contributed by atoms with Crippen LogP contribution in [0.5, 0.6) is 0 Å². The van der Waals surface area contributed by atoms with Crippen molar-refractivity contribution in [1.82, 2.24) is 5.32 Å². The van der Waals surface area contributed by atoms with Gasteiger partial charge in [0.15, 0.2) is 0 Å². The second-order valence-electron chi connectivity index (χ2n) is 6.65. The number of benzene rings is 1. The van der Waals surface area contributed by atoms with E-state index in [9.17, 15) is 0 Å². The van der Waals surface area contributed by atoms with Gasteiger partial charge in [0.2, 0.25) is 0 Å². The van der Waals surface area contributed by atoms with Crippen LogP contribution >= 0.6 is 0 Å². The molecule has 0 radical (unpaired) electrons. The van der Waals surface area contributed by atoms with Gasteiger partial charge < -0.3 is 10.2 Å². The molecule has 0 amide bonds. The molecule has 1 fully saturated rings. The number of anilines is 1. The average molecular weight is 260 g/mol. The lowest BCUT2D eigenvalue weighted by atomic mass is 9.84. The number of hydrogen-bond donors (Lipinski definition) is 1. The Hall–Kier alpha value is -1.02. The van der Waals surface area contributed by atoms with Gasteiger partial charge in [-0.2, -0.15) is 0 Å². The van der Waals surface area contributed by atoms with Crippen molar-refractivity contribution in [3.63, 3.8) is 0 Å². The van der Waals surface area contributed by atoms with Crippen molar-refractivity contribution >= 4 is 5.69 Å². The van der Waals surface area contributed by atoms with Crippen LogP contribution in [0.1, 0.15) is 37.8 Å². The first-order valence-corrected chi connectivity index (χ1v) is 7.43. The Labute approximate surface area is 118 Å². The fraction of sp³-hybridized carbons (Fsp3) is 0.647. The third-order valence-corrected chi connectivity index (χ3v) is 4.63. The Morgan fingerprint density at radius 2 is 2.00 bits per heavy atom. The van der Waals surface area contributed by atoms with Crippen LogP contribution in [0, 0.1) is 19.8 Å². The van der Waals surface area contributed by atoms with Crippen LogP contribution in [0.25, 0.3) is 0 Å². The minimum Gasteiger partial charge on any atom is -0.366 e. The fourth-order valence-electron chi connectivity index (χ4n) is 3.09. The van der Waals surface area contributed by atoms with Crippen LogP contribution in [0.4, 0.5) is 5.69 Å². The van der Waals surface area contributed by atoms with Crippen LogP contribution < -0.4 is 10.2 Å². The lowest BCUT2D eigenvalue weighted by Crippen LogP contribution is -2.52. The van der Waals surface area contributed by atoms with Gasteiger partial charge in [-0.15, -0.1) is 0 Å². The van der Waals surface area contributed by atoms with Gasteiger partial charge in [0.25, 0.3) is 0 Å². The average Bonchev–Trinajstić information content (AvgIpc) is 2.35. The van der Waals surface area contributed by atoms with Gasteiger partial charge in [-0.3, -0.25) is 0 Å². The Kier molecular flexibility index (Phi) is 4.19. The van der Waals surface area contributed by atoms with Crippen molar-refractivity contribution in [2.75, 3.05) is 25.0 Å². The van der Waals surface area contributed by atoms with Gasteiger partial charge in [-0.25, -0.2) is 0 Å². The SMILES string of the molecule is CNCC1CCC(C)(C)N(c2ccc(C)c(C)c2)C1.